The zero-order valence-corrected chi connectivity index (χ0v) is 7.32. The van der Waals surface area contributed by atoms with Gasteiger partial charge in [-0.25, -0.2) is 0 Å². The molecular weight excluding hydrogens is 154 g/mol. The number of fused-ring (bicyclic) bond motifs is 1. The van der Waals surface area contributed by atoms with E-state index in [1.165, 1.54) is 16.0 Å². The average Bonchev–Trinajstić information content (AvgIpc) is 2.33. The molecule has 0 amide bonds. The molecule has 0 spiro atoms. The van der Waals surface area contributed by atoms with Crippen molar-refractivity contribution >= 4 is 11.8 Å². The van der Waals surface area contributed by atoms with E-state index in [4.69, 9.17) is 5.73 Å². The summed E-state index contributed by atoms with van der Waals surface area (Å²) in [6, 6.07) is 6.77. The van der Waals surface area contributed by atoms with Gasteiger partial charge in [0.05, 0.1) is 0 Å². The SMILES string of the molecule is Cc1ccc2c(c1)C(N)CS2. The average molecular weight is 165 g/mol. The van der Waals surface area contributed by atoms with Gasteiger partial charge in [-0.15, -0.1) is 11.8 Å². The van der Waals surface area contributed by atoms with E-state index in [0.29, 0.717) is 0 Å². The lowest BCUT2D eigenvalue weighted by molar-refractivity contribution is 0.832. The minimum atomic E-state index is 0.259. The van der Waals surface area contributed by atoms with Gasteiger partial charge in [0.15, 0.2) is 0 Å². The van der Waals surface area contributed by atoms with Crippen molar-refractivity contribution in [3.05, 3.63) is 29.3 Å². The second-order valence-corrected chi connectivity index (χ2v) is 4.02. The smallest absolute Gasteiger partial charge is 0.0401 e. The van der Waals surface area contributed by atoms with Crippen molar-refractivity contribution in [2.45, 2.75) is 17.9 Å². The molecule has 0 fully saturated rings. The van der Waals surface area contributed by atoms with E-state index in [0.717, 1.165) is 5.75 Å². The molecule has 1 aromatic rings. The summed E-state index contributed by atoms with van der Waals surface area (Å²) < 4.78 is 0. The number of thioether (sulfide) groups is 1. The number of benzene rings is 1. The third-order valence-electron chi connectivity index (χ3n) is 1.98. The Bertz CT molecular complexity index is 283. The van der Waals surface area contributed by atoms with Crippen molar-refractivity contribution < 1.29 is 0 Å². The number of hydrogen-bond donors (Lipinski definition) is 1. The summed E-state index contributed by atoms with van der Waals surface area (Å²) in [5, 5.41) is 0. The van der Waals surface area contributed by atoms with Gasteiger partial charge in [0.1, 0.15) is 0 Å². The van der Waals surface area contributed by atoms with Crippen LogP contribution >= 0.6 is 11.8 Å². The van der Waals surface area contributed by atoms with Crippen LogP contribution in [0.2, 0.25) is 0 Å². The first-order chi connectivity index (χ1) is 5.27. The van der Waals surface area contributed by atoms with Crippen molar-refractivity contribution in [3.63, 3.8) is 0 Å². The fraction of sp³-hybridized carbons (Fsp3) is 0.333. The van der Waals surface area contributed by atoms with Crippen LogP contribution in [0.1, 0.15) is 17.2 Å². The maximum absolute atomic E-state index is 5.89. The first-order valence-electron chi connectivity index (χ1n) is 3.76. The number of hydrogen-bond acceptors (Lipinski definition) is 2. The molecule has 1 heterocycles. The lowest BCUT2D eigenvalue weighted by Gasteiger charge is -2.03. The van der Waals surface area contributed by atoms with Gasteiger partial charge in [0.2, 0.25) is 0 Å². The van der Waals surface area contributed by atoms with Crippen molar-refractivity contribution in [2.75, 3.05) is 5.75 Å². The van der Waals surface area contributed by atoms with Crippen LogP contribution in [0.4, 0.5) is 0 Å². The van der Waals surface area contributed by atoms with Crippen molar-refractivity contribution in [1.82, 2.24) is 0 Å². The van der Waals surface area contributed by atoms with Crippen LogP contribution in [-0.2, 0) is 0 Å². The highest BCUT2D eigenvalue weighted by Crippen LogP contribution is 2.36. The highest BCUT2D eigenvalue weighted by atomic mass is 32.2. The van der Waals surface area contributed by atoms with Crippen LogP contribution in [0.3, 0.4) is 0 Å². The van der Waals surface area contributed by atoms with Gasteiger partial charge in [-0.1, -0.05) is 17.7 Å². The van der Waals surface area contributed by atoms with Crippen molar-refractivity contribution in [1.29, 1.82) is 0 Å². The Hall–Kier alpha value is -0.470. The van der Waals surface area contributed by atoms with Crippen LogP contribution in [0.25, 0.3) is 0 Å². The third-order valence-corrected chi connectivity index (χ3v) is 3.19. The van der Waals surface area contributed by atoms with Gasteiger partial charge in [-0.05, 0) is 18.6 Å². The summed E-state index contributed by atoms with van der Waals surface area (Å²) in [5.74, 6) is 1.04. The Labute approximate surface area is 71.0 Å². The molecule has 0 aromatic heterocycles. The molecule has 1 aromatic carbocycles. The van der Waals surface area contributed by atoms with Crippen LogP contribution < -0.4 is 5.73 Å². The van der Waals surface area contributed by atoms with Crippen molar-refractivity contribution in [3.8, 4) is 0 Å². The van der Waals surface area contributed by atoms with Gasteiger partial charge >= 0.3 is 0 Å². The molecular formula is C9H11NS. The van der Waals surface area contributed by atoms with E-state index < -0.39 is 0 Å². The van der Waals surface area contributed by atoms with E-state index in [-0.39, 0.29) is 6.04 Å². The molecule has 11 heavy (non-hydrogen) atoms. The second kappa shape index (κ2) is 2.54. The van der Waals surface area contributed by atoms with Crippen molar-refractivity contribution in [2.24, 2.45) is 5.73 Å². The predicted octanol–water partition coefficient (Wildman–Crippen LogP) is 2.10. The highest BCUT2D eigenvalue weighted by molar-refractivity contribution is 7.99. The summed E-state index contributed by atoms with van der Waals surface area (Å²) >= 11 is 1.86. The molecule has 1 unspecified atom stereocenters. The first kappa shape index (κ1) is 7.19. The quantitative estimate of drug-likeness (QED) is 0.637. The van der Waals surface area contributed by atoms with Gasteiger partial charge in [0.25, 0.3) is 0 Å². The lowest BCUT2D eigenvalue weighted by Crippen LogP contribution is -2.08. The second-order valence-electron chi connectivity index (χ2n) is 2.96. The normalized spacial score (nSPS) is 21.8. The number of nitrogens with two attached hydrogens (primary N) is 1. The fourth-order valence-electron chi connectivity index (χ4n) is 1.36. The van der Waals surface area contributed by atoms with Gasteiger partial charge in [-0.3, -0.25) is 0 Å². The molecule has 1 atom stereocenters. The minimum absolute atomic E-state index is 0.259. The maximum atomic E-state index is 5.89. The van der Waals surface area contributed by atoms with E-state index >= 15 is 0 Å². The standard InChI is InChI=1S/C9H11NS/c1-6-2-3-9-7(4-6)8(10)5-11-9/h2-4,8H,5,10H2,1H3. The van der Waals surface area contributed by atoms with Gasteiger partial charge < -0.3 is 5.73 Å². The summed E-state index contributed by atoms with van der Waals surface area (Å²) in [5.41, 5.74) is 8.53. The Morgan fingerprint density at radius 3 is 3.18 bits per heavy atom. The summed E-state index contributed by atoms with van der Waals surface area (Å²) in [7, 11) is 0. The molecule has 2 N–H and O–H groups in total. The largest absolute Gasteiger partial charge is 0.323 e. The zero-order valence-electron chi connectivity index (χ0n) is 6.50. The molecule has 0 aliphatic carbocycles. The molecule has 0 saturated carbocycles. The molecule has 0 saturated heterocycles. The summed E-state index contributed by atoms with van der Waals surface area (Å²) in [6.45, 7) is 2.11. The zero-order chi connectivity index (χ0) is 7.84. The maximum Gasteiger partial charge on any atom is 0.0401 e. The Balaban J connectivity index is 2.52. The van der Waals surface area contributed by atoms with E-state index in [2.05, 4.69) is 25.1 Å². The number of aryl methyl sites for hydroxylation is 1. The Morgan fingerprint density at radius 1 is 1.55 bits per heavy atom. The first-order valence-corrected chi connectivity index (χ1v) is 4.75. The molecule has 0 radical (unpaired) electrons. The molecule has 1 aliphatic rings. The Morgan fingerprint density at radius 2 is 2.36 bits per heavy atom. The molecule has 1 aliphatic heterocycles. The molecule has 1 nitrogen and oxygen atoms in total. The number of rotatable bonds is 0. The topological polar surface area (TPSA) is 26.0 Å². The van der Waals surface area contributed by atoms with Gasteiger partial charge in [-0.2, -0.15) is 0 Å². The van der Waals surface area contributed by atoms with Crippen LogP contribution in [0.5, 0.6) is 0 Å². The third kappa shape index (κ3) is 1.17. The van der Waals surface area contributed by atoms with E-state index in [9.17, 15) is 0 Å². The lowest BCUT2D eigenvalue weighted by atomic mass is 10.1. The molecule has 2 rings (SSSR count). The minimum Gasteiger partial charge on any atom is -0.323 e. The molecule has 2 heteroatoms. The fourth-order valence-corrected chi connectivity index (χ4v) is 2.44. The predicted molar refractivity (Wildman–Crippen MR) is 48.8 cm³/mol. The van der Waals surface area contributed by atoms with Crippen LogP contribution in [-0.4, -0.2) is 5.75 Å². The highest BCUT2D eigenvalue weighted by Gasteiger charge is 2.18. The summed E-state index contributed by atoms with van der Waals surface area (Å²) in [4.78, 5) is 1.36. The molecule has 58 valence electrons. The molecule has 0 bridgehead atoms. The Kier molecular flexibility index (Phi) is 1.66. The summed E-state index contributed by atoms with van der Waals surface area (Å²) in [6.07, 6.45) is 0. The monoisotopic (exact) mass is 165 g/mol. The van der Waals surface area contributed by atoms with Crippen LogP contribution in [0.15, 0.2) is 23.1 Å². The van der Waals surface area contributed by atoms with E-state index in [1.807, 2.05) is 11.8 Å². The van der Waals surface area contributed by atoms with Gasteiger partial charge in [0, 0.05) is 16.7 Å². The van der Waals surface area contributed by atoms with Crippen LogP contribution in [0, 0.1) is 6.92 Å². The van der Waals surface area contributed by atoms with E-state index in [1.54, 1.807) is 0 Å².